The summed E-state index contributed by atoms with van der Waals surface area (Å²) < 4.78 is 0.751. The summed E-state index contributed by atoms with van der Waals surface area (Å²) in [5.74, 6) is 0.336. The summed E-state index contributed by atoms with van der Waals surface area (Å²) in [4.78, 5) is 0. The monoisotopic (exact) mass is 257 g/mol. The zero-order chi connectivity index (χ0) is 10.6. The van der Waals surface area contributed by atoms with Crippen LogP contribution in [-0.2, 0) is 6.54 Å². The van der Waals surface area contributed by atoms with Crippen molar-refractivity contribution in [3.8, 4) is 5.75 Å². The Hall–Kier alpha value is -0.540. The average Bonchev–Trinajstić information content (AvgIpc) is 2.20. The third-order valence-corrected chi connectivity index (χ3v) is 2.96. The first-order valence-electron chi connectivity index (χ1n) is 4.85. The number of benzene rings is 1. The molecule has 0 unspecified atom stereocenters. The molecule has 0 amide bonds. The Morgan fingerprint density at radius 2 is 2.21 bits per heavy atom. The highest BCUT2D eigenvalue weighted by atomic mass is 79.9. The van der Waals surface area contributed by atoms with E-state index < -0.39 is 0 Å². The summed E-state index contributed by atoms with van der Waals surface area (Å²) in [5.41, 5.74) is 0.930. The van der Waals surface area contributed by atoms with E-state index in [0.717, 1.165) is 16.5 Å². The zero-order valence-corrected chi connectivity index (χ0v) is 10.1. The van der Waals surface area contributed by atoms with Crippen LogP contribution in [0.5, 0.6) is 5.75 Å². The number of phenolic OH excluding ortho intramolecular Hbond substituents is 1. The molecular formula is C11H16BrNO. The van der Waals surface area contributed by atoms with E-state index in [1.165, 1.54) is 0 Å². The summed E-state index contributed by atoms with van der Waals surface area (Å²) in [6, 6.07) is 6.17. The largest absolute Gasteiger partial charge is 0.506 e. The quantitative estimate of drug-likeness (QED) is 0.870. The van der Waals surface area contributed by atoms with Crippen molar-refractivity contribution < 1.29 is 5.11 Å². The molecule has 1 atom stereocenters. The number of halogens is 1. The summed E-state index contributed by atoms with van der Waals surface area (Å²) in [6.45, 7) is 4.98. The van der Waals surface area contributed by atoms with Gasteiger partial charge in [0.2, 0.25) is 0 Å². The molecule has 0 saturated heterocycles. The first kappa shape index (κ1) is 11.5. The van der Waals surface area contributed by atoms with E-state index in [0.29, 0.717) is 18.3 Å². The van der Waals surface area contributed by atoms with Gasteiger partial charge >= 0.3 is 0 Å². The van der Waals surface area contributed by atoms with Crippen LogP contribution in [0, 0.1) is 0 Å². The van der Waals surface area contributed by atoms with Gasteiger partial charge in [0.1, 0.15) is 5.75 Å². The maximum atomic E-state index is 9.70. The lowest BCUT2D eigenvalue weighted by molar-refractivity contribution is 0.454. The van der Waals surface area contributed by atoms with Crippen LogP contribution >= 0.6 is 15.9 Å². The van der Waals surface area contributed by atoms with Crippen LogP contribution in [0.4, 0.5) is 0 Å². The highest BCUT2D eigenvalue weighted by Crippen LogP contribution is 2.27. The van der Waals surface area contributed by atoms with E-state index in [2.05, 4.69) is 35.1 Å². The highest BCUT2D eigenvalue weighted by molar-refractivity contribution is 9.10. The average molecular weight is 258 g/mol. The lowest BCUT2D eigenvalue weighted by Gasteiger charge is -2.12. The number of aromatic hydroxyl groups is 1. The van der Waals surface area contributed by atoms with E-state index in [4.69, 9.17) is 0 Å². The van der Waals surface area contributed by atoms with Crippen molar-refractivity contribution in [2.45, 2.75) is 32.9 Å². The van der Waals surface area contributed by atoms with Crippen molar-refractivity contribution in [3.63, 3.8) is 0 Å². The van der Waals surface area contributed by atoms with Gasteiger partial charge in [-0.05, 0) is 35.3 Å². The van der Waals surface area contributed by atoms with Gasteiger partial charge in [-0.1, -0.05) is 19.1 Å². The predicted octanol–water partition coefficient (Wildman–Crippen LogP) is 3.04. The molecule has 3 heteroatoms. The Kier molecular flexibility index (Phi) is 4.42. The molecule has 0 aliphatic heterocycles. The Labute approximate surface area is 93.5 Å². The van der Waals surface area contributed by atoms with Crippen LogP contribution in [-0.4, -0.2) is 11.1 Å². The maximum Gasteiger partial charge on any atom is 0.134 e. The zero-order valence-electron chi connectivity index (χ0n) is 8.55. The molecule has 14 heavy (non-hydrogen) atoms. The molecule has 78 valence electrons. The molecule has 0 spiro atoms. The van der Waals surface area contributed by atoms with Gasteiger partial charge in [0.15, 0.2) is 0 Å². The van der Waals surface area contributed by atoms with Gasteiger partial charge in [-0.15, -0.1) is 0 Å². The number of nitrogens with one attached hydrogen (secondary N) is 1. The number of phenols is 1. The lowest BCUT2D eigenvalue weighted by atomic mass is 10.2. The van der Waals surface area contributed by atoms with Crippen LogP contribution in [0.3, 0.4) is 0 Å². The van der Waals surface area contributed by atoms with Gasteiger partial charge in [0.25, 0.3) is 0 Å². The minimum Gasteiger partial charge on any atom is -0.506 e. The fraction of sp³-hybridized carbons (Fsp3) is 0.455. The lowest BCUT2D eigenvalue weighted by Crippen LogP contribution is -2.24. The van der Waals surface area contributed by atoms with Crippen molar-refractivity contribution in [1.29, 1.82) is 0 Å². The van der Waals surface area contributed by atoms with Crippen LogP contribution in [0.15, 0.2) is 22.7 Å². The van der Waals surface area contributed by atoms with Crippen LogP contribution in [0.1, 0.15) is 25.8 Å². The van der Waals surface area contributed by atoms with Crippen molar-refractivity contribution >= 4 is 15.9 Å². The SMILES string of the molecule is CC[C@@H](C)NCc1cccc(Br)c1O. The number of hydrogen-bond acceptors (Lipinski definition) is 2. The van der Waals surface area contributed by atoms with E-state index in [1.807, 2.05) is 18.2 Å². The Morgan fingerprint density at radius 3 is 2.86 bits per heavy atom. The van der Waals surface area contributed by atoms with Crippen LogP contribution in [0.25, 0.3) is 0 Å². The normalized spacial score (nSPS) is 12.8. The molecule has 0 heterocycles. The van der Waals surface area contributed by atoms with Gasteiger partial charge in [-0.3, -0.25) is 0 Å². The smallest absolute Gasteiger partial charge is 0.134 e. The molecule has 0 aromatic heterocycles. The summed E-state index contributed by atoms with van der Waals surface area (Å²) in [6.07, 6.45) is 1.09. The number of rotatable bonds is 4. The third kappa shape index (κ3) is 3.00. The highest BCUT2D eigenvalue weighted by Gasteiger charge is 2.05. The second-order valence-corrected chi connectivity index (χ2v) is 4.29. The molecule has 0 bridgehead atoms. The molecule has 2 nitrogen and oxygen atoms in total. The van der Waals surface area contributed by atoms with E-state index in [1.54, 1.807) is 0 Å². The van der Waals surface area contributed by atoms with Crippen LogP contribution in [0.2, 0.25) is 0 Å². The fourth-order valence-corrected chi connectivity index (χ4v) is 1.54. The van der Waals surface area contributed by atoms with Crippen molar-refractivity contribution in [3.05, 3.63) is 28.2 Å². The molecular weight excluding hydrogens is 242 g/mol. The second-order valence-electron chi connectivity index (χ2n) is 3.44. The van der Waals surface area contributed by atoms with Crippen molar-refractivity contribution in [2.75, 3.05) is 0 Å². The molecule has 0 radical (unpaired) electrons. The molecule has 1 rings (SSSR count). The van der Waals surface area contributed by atoms with E-state index in [9.17, 15) is 5.11 Å². The molecule has 0 aliphatic rings. The molecule has 2 N–H and O–H groups in total. The minimum atomic E-state index is 0.336. The van der Waals surface area contributed by atoms with Crippen molar-refractivity contribution in [1.82, 2.24) is 5.32 Å². The Balaban J connectivity index is 2.63. The molecule has 0 aliphatic carbocycles. The van der Waals surface area contributed by atoms with Gasteiger partial charge in [0.05, 0.1) is 4.47 Å². The topological polar surface area (TPSA) is 32.3 Å². The number of hydrogen-bond donors (Lipinski definition) is 2. The molecule has 1 aromatic rings. The molecule has 0 saturated carbocycles. The summed E-state index contributed by atoms with van der Waals surface area (Å²) in [5, 5.41) is 13.0. The second kappa shape index (κ2) is 5.37. The van der Waals surface area contributed by atoms with Crippen LogP contribution < -0.4 is 5.32 Å². The van der Waals surface area contributed by atoms with E-state index >= 15 is 0 Å². The summed E-state index contributed by atoms with van der Waals surface area (Å²) in [7, 11) is 0. The Bertz CT molecular complexity index is 301. The standard InChI is InChI=1S/C11H16BrNO/c1-3-8(2)13-7-9-5-4-6-10(12)11(9)14/h4-6,8,13-14H,3,7H2,1-2H3/t8-/m1/s1. The first-order chi connectivity index (χ1) is 6.65. The van der Waals surface area contributed by atoms with E-state index in [-0.39, 0.29) is 0 Å². The van der Waals surface area contributed by atoms with Gasteiger partial charge in [-0.25, -0.2) is 0 Å². The Morgan fingerprint density at radius 1 is 1.50 bits per heavy atom. The molecule has 1 aromatic carbocycles. The van der Waals surface area contributed by atoms with Gasteiger partial charge in [-0.2, -0.15) is 0 Å². The van der Waals surface area contributed by atoms with Crippen molar-refractivity contribution in [2.24, 2.45) is 0 Å². The van der Waals surface area contributed by atoms with Gasteiger partial charge in [0, 0.05) is 18.2 Å². The number of para-hydroxylation sites is 1. The fourth-order valence-electron chi connectivity index (χ4n) is 1.13. The third-order valence-electron chi connectivity index (χ3n) is 2.32. The molecule has 0 fully saturated rings. The van der Waals surface area contributed by atoms with Gasteiger partial charge < -0.3 is 10.4 Å². The summed E-state index contributed by atoms with van der Waals surface area (Å²) >= 11 is 3.29. The first-order valence-corrected chi connectivity index (χ1v) is 5.64. The predicted molar refractivity (Wildman–Crippen MR) is 62.4 cm³/mol. The maximum absolute atomic E-state index is 9.70. The minimum absolute atomic E-state index is 0.336.